The highest BCUT2D eigenvalue weighted by Crippen LogP contribution is 2.20. The van der Waals surface area contributed by atoms with Gasteiger partial charge in [0.15, 0.2) is 0 Å². The average molecular weight is 222 g/mol. The Bertz CT molecular complexity index is 387. The minimum Gasteiger partial charge on any atom is -0.491 e. The van der Waals surface area contributed by atoms with Crippen LogP contribution >= 0.6 is 0 Å². The van der Waals surface area contributed by atoms with Gasteiger partial charge >= 0.3 is 0 Å². The fourth-order valence-corrected chi connectivity index (χ4v) is 1.34. The molecule has 0 spiro atoms. The van der Waals surface area contributed by atoms with E-state index < -0.39 is 0 Å². The fourth-order valence-electron chi connectivity index (χ4n) is 1.34. The van der Waals surface area contributed by atoms with Crippen molar-refractivity contribution in [2.24, 2.45) is 0 Å². The molecule has 1 rings (SSSR count). The monoisotopic (exact) mass is 222 g/mol. The molecule has 0 fully saturated rings. The quantitative estimate of drug-likeness (QED) is 0.793. The van der Waals surface area contributed by atoms with E-state index in [1.165, 1.54) is 4.90 Å². The van der Waals surface area contributed by atoms with Crippen molar-refractivity contribution in [1.29, 1.82) is 0 Å². The van der Waals surface area contributed by atoms with E-state index in [0.717, 1.165) is 0 Å². The maximum atomic E-state index is 11.7. The first kappa shape index (κ1) is 12.4. The Balaban J connectivity index is 3.03. The number of carbonyl (C=O) groups excluding carboxylic acids is 1. The molecule has 4 nitrogen and oxygen atoms in total. The molecule has 0 aliphatic rings. The third-order valence-electron chi connectivity index (χ3n) is 1.95. The number of benzene rings is 1. The van der Waals surface area contributed by atoms with Gasteiger partial charge in [0.25, 0.3) is 5.91 Å². The molecule has 16 heavy (non-hydrogen) atoms. The topological polar surface area (TPSA) is 55.6 Å². The van der Waals surface area contributed by atoms with E-state index in [0.29, 0.717) is 17.0 Å². The molecule has 0 atom stereocenters. The zero-order valence-corrected chi connectivity index (χ0v) is 10.2. The van der Waals surface area contributed by atoms with Crippen molar-refractivity contribution in [3.8, 4) is 5.75 Å². The minimum atomic E-state index is -0.0825. The van der Waals surface area contributed by atoms with Gasteiger partial charge in [-0.2, -0.15) is 0 Å². The molecule has 1 aromatic carbocycles. The summed E-state index contributed by atoms with van der Waals surface area (Å²) in [4.78, 5) is 13.3. The van der Waals surface area contributed by atoms with Gasteiger partial charge in [0.05, 0.1) is 6.10 Å². The molecule has 2 N–H and O–H groups in total. The number of nitrogens with zero attached hydrogens (tertiary/aromatic N) is 1. The van der Waals surface area contributed by atoms with Crippen LogP contribution in [0.4, 0.5) is 5.69 Å². The summed E-state index contributed by atoms with van der Waals surface area (Å²) in [7, 11) is 3.41. The maximum Gasteiger partial charge on any atom is 0.253 e. The van der Waals surface area contributed by atoms with Gasteiger partial charge in [-0.25, -0.2) is 0 Å². The Hall–Kier alpha value is -1.71. The molecule has 0 unspecified atom stereocenters. The highest BCUT2D eigenvalue weighted by atomic mass is 16.5. The molecule has 0 heterocycles. The third-order valence-corrected chi connectivity index (χ3v) is 1.95. The first-order chi connectivity index (χ1) is 7.40. The summed E-state index contributed by atoms with van der Waals surface area (Å²) in [6.07, 6.45) is 0.0594. The Kier molecular flexibility index (Phi) is 3.77. The number of rotatable bonds is 3. The van der Waals surface area contributed by atoms with Crippen LogP contribution < -0.4 is 10.5 Å². The van der Waals surface area contributed by atoms with Crippen LogP contribution in [0.1, 0.15) is 24.2 Å². The first-order valence-electron chi connectivity index (χ1n) is 5.19. The lowest BCUT2D eigenvalue weighted by Gasteiger charge is -2.14. The molecule has 1 amide bonds. The van der Waals surface area contributed by atoms with Gasteiger partial charge in [-0.1, -0.05) is 0 Å². The number of nitrogen functional groups attached to an aromatic ring is 1. The molecular formula is C12H18N2O2. The number of carbonyl (C=O) groups is 1. The van der Waals surface area contributed by atoms with Gasteiger partial charge in [0.2, 0.25) is 0 Å². The Morgan fingerprint density at radius 3 is 2.44 bits per heavy atom. The summed E-state index contributed by atoms with van der Waals surface area (Å²) >= 11 is 0. The maximum absolute atomic E-state index is 11.7. The first-order valence-corrected chi connectivity index (χ1v) is 5.19. The SMILES string of the molecule is CC(C)Oc1cc(N)cc(C(=O)N(C)C)c1. The summed E-state index contributed by atoms with van der Waals surface area (Å²) in [6, 6.07) is 5.07. The predicted molar refractivity (Wildman–Crippen MR) is 64.6 cm³/mol. The van der Waals surface area contributed by atoms with Crippen LogP contribution in [-0.4, -0.2) is 31.0 Å². The number of anilines is 1. The zero-order chi connectivity index (χ0) is 12.3. The molecule has 0 saturated carbocycles. The lowest BCUT2D eigenvalue weighted by Crippen LogP contribution is -2.22. The summed E-state index contributed by atoms with van der Waals surface area (Å²) in [5, 5.41) is 0. The van der Waals surface area contributed by atoms with Crippen molar-refractivity contribution < 1.29 is 9.53 Å². The molecule has 0 radical (unpaired) electrons. The van der Waals surface area contributed by atoms with E-state index in [9.17, 15) is 4.79 Å². The van der Waals surface area contributed by atoms with Gasteiger partial charge in [-0.3, -0.25) is 4.79 Å². The molecule has 0 aliphatic heterocycles. The minimum absolute atomic E-state index is 0.0594. The number of hydrogen-bond donors (Lipinski definition) is 1. The van der Waals surface area contributed by atoms with Crippen LogP contribution in [-0.2, 0) is 0 Å². The van der Waals surface area contributed by atoms with E-state index >= 15 is 0 Å². The van der Waals surface area contributed by atoms with E-state index in [1.54, 1.807) is 32.3 Å². The predicted octanol–water partition coefficient (Wildman–Crippen LogP) is 1.76. The number of hydrogen-bond acceptors (Lipinski definition) is 3. The van der Waals surface area contributed by atoms with E-state index in [4.69, 9.17) is 10.5 Å². The molecule has 0 saturated heterocycles. The fraction of sp³-hybridized carbons (Fsp3) is 0.417. The molecular weight excluding hydrogens is 204 g/mol. The summed E-state index contributed by atoms with van der Waals surface area (Å²) in [5.74, 6) is 0.543. The standard InChI is InChI=1S/C12H18N2O2/c1-8(2)16-11-6-9(5-10(13)7-11)12(15)14(3)4/h5-8H,13H2,1-4H3. The van der Waals surface area contributed by atoms with Crippen molar-refractivity contribution in [1.82, 2.24) is 4.90 Å². The van der Waals surface area contributed by atoms with Crippen LogP contribution in [0.25, 0.3) is 0 Å². The summed E-state index contributed by atoms with van der Waals surface area (Å²) < 4.78 is 5.51. The van der Waals surface area contributed by atoms with Gasteiger partial charge in [0.1, 0.15) is 5.75 Å². The molecule has 0 bridgehead atoms. The van der Waals surface area contributed by atoms with Gasteiger partial charge in [-0.05, 0) is 26.0 Å². The summed E-state index contributed by atoms with van der Waals surface area (Å²) in [6.45, 7) is 3.85. The highest BCUT2D eigenvalue weighted by Gasteiger charge is 2.10. The highest BCUT2D eigenvalue weighted by molar-refractivity contribution is 5.95. The second-order valence-electron chi connectivity index (χ2n) is 4.16. The summed E-state index contributed by atoms with van der Waals surface area (Å²) in [5.41, 5.74) is 6.80. The second kappa shape index (κ2) is 4.88. The van der Waals surface area contributed by atoms with Crippen molar-refractivity contribution in [3.05, 3.63) is 23.8 Å². The smallest absolute Gasteiger partial charge is 0.253 e. The van der Waals surface area contributed by atoms with Crippen LogP contribution in [0.15, 0.2) is 18.2 Å². The Morgan fingerprint density at radius 1 is 1.31 bits per heavy atom. The number of ether oxygens (including phenoxy) is 1. The lowest BCUT2D eigenvalue weighted by molar-refractivity contribution is 0.0827. The van der Waals surface area contributed by atoms with Crippen LogP contribution in [0.2, 0.25) is 0 Å². The van der Waals surface area contributed by atoms with Crippen molar-refractivity contribution in [2.45, 2.75) is 20.0 Å². The number of amides is 1. The largest absolute Gasteiger partial charge is 0.491 e. The van der Waals surface area contributed by atoms with Crippen LogP contribution in [0.5, 0.6) is 5.75 Å². The van der Waals surface area contributed by atoms with Crippen LogP contribution in [0.3, 0.4) is 0 Å². The number of nitrogens with two attached hydrogens (primary N) is 1. The average Bonchev–Trinajstić information content (AvgIpc) is 2.14. The molecule has 88 valence electrons. The van der Waals surface area contributed by atoms with Gasteiger partial charge in [-0.15, -0.1) is 0 Å². The lowest BCUT2D eigenvalue weighted by atomic mass is 10.1. The van der Waals surface area contributed by atoms with E-state index in [2.05, 4.69) is 0 Å². The van der Waals surface area contributed by atoms with Crippen LogP contribution in [0, 0.1) is 0 Å². The molecule has 0 aromatic heterocycles. The molecule has 0 aliphatic carbocycles. The van der Waals surface area contributed by atoms with Gasteiger partial charge < -0.3 is 15.4 Å². The van der Waals surface area contributed by atoms with Crippen molar-refractivity contribution >= 4 is 11.6 Å². The normalized spacial score (nSPS) is 10.3. The van der Waals surface area contributed by atoms with Crippen molar-refractivity contribution in [2.75, 3.05) is 19.8 Å². The third kappa shape index (κ3) is 3.15. The zero-order valence-electron chi connectivity index (χ0n) is 10.2. The molecule has 1 aromatic rings. The van der Waals surface area contributed by atoms with Gasteiger partial charge in [0, 0.05) is 31.4 Å². The van der Waals surface area contributed by atoms with Crippen molar-refractivity contribution in [3.63, 3.8) is 0 Å². The van der Waals surface area contributed by atoms with E-state index in [-0.39, 0.29) is 12.0 Å². The Morgan fingerprint density at radius 2 is 1.94 bits per heavy atom. The Labute approximate surface area is 96.0 Å². The second-order valence-corrected chi connectivity index (χ2v) is 4.16. The molecule has 4 heteroatoms. The van der Waals surface area contributed by atoms with E-state index in [1.807, 2.05) is 13.8 Å².